The standard InChI is InChI=1S/C29H31F2NO3/c1-19-5-8-22(12-20(19)2)28(23-13-25(30)15-26(31)14-23)4-3-11-35-27-9-6-21(7-10-27)16-32-17-24(18-32)29(33)34/h5-10,12-15,24,28H,3-4,11,16-18H2,1-2H3,(H,33,34). The first-order chi connectivity index (χ1) is 16.8. The van der Waals surface area contributed by atoms with Gasteiger partial charge in [0.25, 0.3) is 0 Å². The molecule has 1 unspecified atom stereocenters. The predicted octanol–water partition coefficient (Wildman–Crippen LogP) is 6.09. The Hall–Kier alpha value is -3.25. The lowest BCUT2D eigenvalue weighted by Gasteiger charge is -2.36. The molecule has 1 heterocycles. The highest BCUT2D eigenvalue weighted by molar-refractivity contribution is 5.71. The Kier molecular flexibility index (Phi) is 7.81. The molecule has 0 radical (unpaired) electrons. The van der Waals surface area contributed by atoms with Crippen molar-refractivity contribution in [3.63, 3.8) is 0 Å². The van der Waals surface area contributed by atoms with Crippen molar-refractivity contribution >= 4 is 5.97 Å². The highest BCUT2D eigenvalue weighted by atomic mass is 19.1. The molecule has 1 saturated heterocycles. The van der Waals surface area contributed by atoms with E-state index in [1.54, 1.807) is 0 Å². The molecular formula is C29H31F2NO3. The number of rotatable bonds is 10. The van der Waals surface area contributed by atoms with Crippen molar-refractivity contribution in [1.82, 2.24) is 4.90 Å². The van der Waals surface area contributed by atoms with Crippen molar-refractivity contribution in [2.45, 2.75) is 39.2 Å². The zero-order valence-electron chi connectivity index (χ0n) is 20.1. The second-order valence-corrected chi connectivity index (χ2v) is 9.46. The Morgan fingerprint density at radius 2 is 1.66 bits per heavy atom. The molecule has 4 nitrogen and oxygen atoms in total. The molecule has 1 aliphatic rings. The minimum absolute atomic E-state index is 0.128. The van der Waals surface area contributed by atoms with Gasteiger partial charge in [0.15, 0.2) is 0 Å². The van der Waals surface area contributed by atoms with Gasteiger partial charge >= 0.3 is 5.97 Å². The molecule has 6 heteroatoms. The van der Waals surface area contributed by atoms with Gasteiger partial charge < -0.3 is 9.84 Å². The molecule has 1 atom stereocenters. The number of hydrogen-bond donors (Lipinski definition) is 1. The molecule has 0 aliphatic carbocycles. The largest absolute Gasteiger partial charge is 0.494 e. The van der Waals surface area contributed by atoms with Crippen LogP contribution in [-0.2, 0) is 11.3 Å². The summed E-state index contributed by atoms with van der Waals surface area (Å²) in [5.41, 5.74) is 5.12. The summed E-state index contributed by atoms with van der Waals surface area (Å²) in [7, 11) is 0. The van der Waals surface area contributed by atoms with Crippen LogP contribution in [0.5, 0.6) is 5.75 Å². The minimum atomic E-state index is -0.729. The Bertz CT molecular complexity index is 1150. The van der Waals surface area contributed by atoms with Crippen LogP contribution in [0.1, 0.15) is 46.6 Å². The Morgan fingerprint density at radius 3 is 2.29 bits per heavy atom. The molecule has 35 heavy (non-hydrogen) atoms. The maximum atomic E-state index is 14.0. The average molecular weight is 480 g/mol. The first kappa shape index (κ1) is 24.9. The van der Waals surface area contributed by atoms with Crippen molar-refractivity contribution in [3.05, 3.63) is 100 Å². The molecule has 0 aromatic heterocycles. The van der Waals surface area contributed by atoms with Gasteiger partial charge in [0.05, 0.1) is 12.5 Å². The highest BCUT2D eigenvalue weighted by Crippen LogP contribution is 2.32. The molecule has 3 aromatic carbocycles. The lowest BCUT2D eigenvalue weighted by atomic mass is 9.86. The van der Waals surface area contributed by atoms with Crippen LogP contribution in [0.15, 0.2) is 60.7 Å². The molecule has 0 spiro atoms. The monoisotopic (exact) mass is 479 g/mol. The van der Waals surface area contributed by atoms with Gasteiger partial charge in [-0.15, -0.1) is 0 Å². The van der Waals surface area contributed by atoms with E-state index < -0.39 is 17.6 Å². The van der Waals surface area contributed by atoms with Gasteiger partial charge in [-0.05, 0) is 78.8 Å². The number of benzene rings is 3. The maximum absolute atomic E-state index is 14.0. The van der Waals surface area contributed by atoms with Crippen LogP contribution in [0.25, 0.3) is 0 Å². The van der Waals surface area contributed by atoms with Crippen molar-refractivity contribution < 1.29 is 23.4 Å². The number of nitrogens with zero attached hydrogens (tertiary/aromatic N) is 1. The summed E-state index contributed by atoms with van der Waals surface area (Å²) >= 11 is 0. The third-order valence-electron chi connectivity index (χ3n) is 6.76. The number of aryl methyl sites for hydroxylation is 2. The number of ether oxygens (including phenoxy) is 1. The van der Waals surface area contributed by atoms with Crippen molar-refractivity contribution in [2.75, 3.05) is 19.7 Å². The van der Waals surface area contributed by atoms with Gasteiger partial charge in [-0.25, -0.2) is 8.78 Å². The lowest BCUT2D eigenvalue weighted by Crippen LogP contribution is -2.49. The third-order valence-corrected chi connectivity index (χ3v) is 6.76. The van der Waals surface area contributed by atoms with Gasteiger partial charge in [0, 0.05) is 31.6 Å². The summed E-state index contributed by atoms with van der Waals surface area (Å²) in [4.78, 5) is 13.0. The second-order valence-electron chi connectivity index (χ2n) is 9.46. The van der Waals surface area contributed by atoms with Crippen molar-refractivity contribution in [3.8, 4) is 5.75 Å². The second kappa shape index (κ2) is 11.0. The normalized spacial score (nSPS) is 15.0. The third kappa shape index (κ3) is 6.45. The van der Waals surface area contributed by atoms with E-state index in [2.05, 4.69) is 11.0 Å². The molecular weight excluding hydrogens is 448 g/mol. The summed E-state index contributed by atoms with van der Waals surface area (Å²) in [5.74, 6) is -1.48. The molecule has 0 bridgehead atoms. The van der Waals surface area contributed by atoms with E-state index in [1.807, 2.05) is 50.2 Å². The average Bonchev–Trinajstić information content (AvgIpc) is 2.78. The van der Waals surface area contributed by atoms with Crippen LogP contribution < -0.4 is 4.74 Å². The fraction of sp³-hybridized carbons (Fsp3) is 0.345. The van der Waals surface area contributed by atoms with Gasteiger partial charge in [0.1, 0.15) is 17.4 Å². The number of likely N-dealkylation sites (tertiary alicyclic amines) is 1. The van der Waals surface area contributed by atoms with E-state index in [1.165, 1.54) is 17.7 Å². The smallest absolute Gasteiger partial charge is 0.309 e. The number of halogens is 2. The zero-order valence-corrected chi connectivity index (χ0v) is 20.1. The van der Waals surface area contributed by atoms with E-state index in [9.17, 15) is 13.6 Å². The van der Waals surface area contributed by atoms with E-state index in [4.69, 9.17) is 9.84 Å². The van der Waals surface area contributed by atoms with E-state index in [0.717, 1.165) is 41.5 Å². The number of carboxylic acids is 1. The molecule has 1 fully saturated rings. The first-order valence-corrected chi connectivity index (χ1v) is 12.0. The van der Waals surface area contributed by atoms with E-state index >= 15 is 0 Å². The maximum Gasteiger partial charge on any atom is 0.309 e. The number of carboxylic acid groups (broad SMARTS) is 1. The van der Waals surface area contributed by atoms with Crippen molar-refractivity contribution in [2.24, 2.45) is 5.92 Å². The van der Waals surface area contributed by atoms with Crippen LogP contribution in [0.4, 0.5) is 8.78 Å². The molecule has 0 saturated carbocycles. The number of aliphatic carboxylic acids is 1. The number of carbonyl (C=O) groups is 1. The highest BCUT2D eigenvalue weighted by Gasteiger charge is 2.32. The van der Waals surface area contributed by atoms with Crippen LogP contribution >= 0.6 is 0 Å². The van der Waals surface area contributed by atoms with Crippen LogP contribution in [-0.4, -0.2) is 35.7 Å². The van der Waals surface area contributed by atoms with Gasteiger partial charge in [-0.2, -0.15) is 0 Å². The fourth-order valence-corrected chi connectivity index (χ4v) is 4.57. The molecule has 3 aromatic rings. The lowest BCUT2D eigenvalue weighted by molar-refractivity contribution is -0.147. The summed E-state index contributed by atoms with van der Waals surface area (Å²) in [6.07, 6.45) is 1.42. The summed E-state index contributed by atoms with van der Waals surface area (Å²) in [6.45, 7) is 6.48. The SMILES string of the molecule is Cc1ccc(C(CCCOc2ccc(CN3CC(C(=O)O)C3)cc2)c2cc(F)cc(F)c2)cc1C. The summed E-state index contributed by atoms with van der Waals surface area (Å²) in [6, 6.07) is 17.8. The minimum Gasteiger partial charge on any atom is -0.494 e. The fourth-order valence-electron chi connectivity index (χ4n) is 4.57. The molecule has 1 aliphatic heterocycles. The molecule has 0 amide bonds. The van der Waals surface area contributed by atoms with Crippen LogP contribution in [0.2, 0.25) is 0 Å². The molecule has 184 valence electrons. The summed E-state index contributed by atoms with van der Waals surface area (Å²) in [5, 5.41) is 8.99. The van der Waals surface area contributed by atoms with Crippen molar-refractivity contribution in [1.29, 1.82) is 0 Å². The topological polar surface area (TPSA) is 49.8 Å². The number of hydrogen-bond acceptors (Lipinski definition) is 3. The van der Waals surface area contributed by atoms with Crippen LogP contribution in [0.3, 0.4) is 0 Å². The molecule has 4 rings (SSSR count). The van der Waals surface area contributed by atoms with Gasteiger partial charge in [-0.3, -0.25) is 9.69 Å². The predicted molar refractivity (Wildman–Crippen MR) is 132 cm³/mol. The zero-order chi connectivity index (χ0) is 24.9. The van der Waals surface area contributed by atoms with Gasteiger partial charge in [0.2, 0.25) is 0 Å². The quantitative estimate of drug-likeness (QED) is 0.358. The van der Waals surface area contributed by atoms with E-state index in [-0.39, 0.29) is 11.8 Å². The summed E-state index contributed by atoms with van der Waals surface area (Å²) < 4.78 is 33.8. The van der Waals surface area contributed by atoms with Crippen LogP contribution in [0, 0.1) is 31.4 Å². The Balaban J connectivity index is 1.33. The molecule has 1 N–H and O–H groups in total. The first-order valence-electron chi connectivity index (χ1n) is 12.0. The Labute approximate surface area is 205 Å². The van der Waals surface area contributed by atoms with E-state index in [0.29, 0.717) is 31.7 Å². The Morgan fingerprint density at radius 1 is 0.971 bits per heavy atom. The van der Waals surface area contributed by atoms with Gasteiger partial charge in [-0.1, -0.05) is 30.3 Å².